The fourth-order valence-electron chi connectivity index (χ4n) is 0.523. The molecule has 1 heterocycles. The first-order chi connectivity index (χ1) is 5.59. The van der Waals surface area contributed by atoms with Gasteiger partial charge in [0.2, 0.25) is 0 Å². The number of hydrogen-bond donors (Lipinski definition) is 1. The highest BCUT2D eigenvalue weighted by molar-refractivity contribution is 9.13. The van der Waals surface area contributed by atoms with Gasteiger partial charge < -0.3 is 9.52 Å². The van der Waals surface area contributed by atoms with Crippen molar-refractivity contribution in [3.05, 3.63) is 21.0 Å². The van der Waals surface area contributed by atoms with Crippen LogP contribution in [-0.2, 0) is 4.79 Å². The van der Waals surface area contributed by atoms with Gasteiger partial charge in [0.05, 0.1) is 4.47 Å². The molecular formula is C7H2Br2O3. The molecule has 1 N–H and O–H groups in total. The molecule has 0 amide bonds. The average Bonchev–Trinajstić information content (AvgIpc) is 2.28. The summed E-state index contributed by atoms with van der Waals surface area (Å²) in [5.74, 6) is 3.38. The molecular weight excluding hydrogens is 292 g/mol. The van der Waals surface area contributed by atoms with Crippen molar-refractivity contribution in [3.8, 4) is 11.8 Å². The van der Waals surface area contributed by atoms with E-state index in [1.807, 2.05) is 5.92 Å². The van der Waals surface area contributed by atoms with Gasteiger partial charge >= 0.3 is 5.97 Å². The maximum absolute atomic E-state index is 10.0. The van der Waals surface area contributed by atoms with Crippen LogP contribution in [0.15, 0.2) is 19.6 Å². The summed E-state index contributed by atoms with van der Waals surface area (Å²) in [5.41, 5.74) is 0. The minimum absolute atomic E-state index is 0.302. The van der Waals surface area contributed by atoms with Gasteiger partial charge in [0, 0.05) is 12.0 Å². The fraction of sp³-hybridized carbons (Fsp3) is 0. The van der Waals surface area contributed by atoms with Gasteiger partial charge in [0.25, 0.3) is 0 Å². The minimum atomic E-state index is -1.18. The van der Waals surface area contributed by atoms with Crippen molar-refractivity contribution in [1.82, 2.24) is 0 Å². The number of furan rings is 1. The Morgan fingerprint density at radius 3 is 2.67 bits per heavy atom. The highest BCUT2D eigenvalue weighted by Gasteiger charge is 2.02. The monoisotopic (exact) mass is 292 g/mol. The van der Waals surface area contributed by atoms with Crippen molar-refractivity contribution in [2.45, 2.75) is 0 Å². The number of halogens is 2. The molecule has 0 spiro atoms. The van der Waals surface area contributed by atoms with Crippen molar-refractivity contribution < 1.29 is 14.3 Å². The Morgan fingerprint density at radius 1 is 1.58 bits per heavy atom. The van der Waals surface area contributed by atoms with Crippen LogP contribution in [-0.4, -0.2) is 11.1 Å². The van der Waals surface area contributed by atoms with Crippen LogP contribution in [0.1, 0.15) is 5.76 Å². The minimum Gasteiger partial charge on any atom is -0.472 e. The molecule has 0 saturated heterocycles. The van der Waals surface area contributed by atoms with Gasteiger partial charge in [-0.3, -0.25) is 0 Å². The van der Waals surface area contributed by atoms with E-state index in [4.69, 9.17) is 9.52 Å². The lowest BCUT2D eigenvalue weighted by molar-refractivity contribution is -0.130. The molecule has 12 heavy (non-hydrogen) atoms. The van der Waals surface area contributed by atoms with Crippen LogP contribution >= 0.6 is 31.9 Å². The molecule has 62 valence electrons. The van der Waals surface area contributed by atoms with E-state index < -0.39 is 5.97 Å². The van der Waals surface area contributed by atoms with Crippen LogP contribution in [0.4, 0.5) is 0 Å². The molecule has 0 atom stereocenters. The second-order valence-corrected chi connectivity index (χ2v) is 3.36. The van der Waals surface area contributed by atoms with E-state index in [1.165, 1.54) is 0 Å². The topological polar surface area (TPSA) is 50.4 Å². The second kappa shape index (κ2) is 3.78. The number of hydrogen-bond acceptors (Lipinski definition) is 2. The van der Waals surface area contributed by atoms with Gasteiger partial charge in [-0.1, -0.05) is 0 Å². The molecule has 0 aliphatic heterocycles. The first-order valence-electron chi connectivity index (χ1n) is 2.79. The van der Waals surface area contributed by atoms with E-state index in [0.29, 0.717) is 14.9 Å². The summed E-state index contributed by atoms with van der Waals surface area (Å²) >= 11 is 6.26. The Hall–Kier alpha value is -0.730. The van der Waals surface area contributed by atoms with E-state index in [2.05, 4.69) is 37.8 Å². The summed E-state index contributed by atoms with van der Waals surface area (Å²) in [6.45, 7) is 0. The van der Waals surface area contributed by atoms with Gasteiger partial charge in [-0.2, -0.15) is 0 Å². The predicted molar refractivity (Wildman–Crippen MR) is 48.6 cm³/mol. The van der Waals surface area contributed by atoms with Gasteiger partial charge in [0.15, 0.2) is 10.4 Å². The molecule has 1 aromatic heterocycles. The van der Waals surface area contributed by atoms with Crippen molar-refractivity contribution >= 4 is 37.8 Å². The Bertz CT molecular complexity index is 350. The Kier molecular flexibility index (Phi) is 2.95. The van der Waals surface area contributed by atoms with E-state index in [0.717, 1.165) is 0 Å². The maximum Gasteiger partial charge on any atom is 0.382 e. The standard InChI is InChI=1S/C7H2Br2O3/c8-5-3-4(12-7(5)9)1-2-6(10)11/h3H,(H,10,11). The van der Waals surface area contributed by atoms with Gasteiger partial charge in [-0.15, -0.1) is 0 Å². The van der Waals surface area contributed by atoms with Gasteiger partial charge in [-0.05, 0) is 37.8 Å². The Balaban J connectivity index is 2.93. The van der Waals surface area contributed by atoms with Gasteiger partial charge in [0.1, 0.15) is 0 Å². The second-order valence-electron chi connectivity index (χ2n) is 1.79. The fourth-order valence-corrected chi connectivity index (χ4v) is 1.10. The van der Waals surface area contributed by atoms with Gasteiger partial charge in [-0.25, -0.2) is 4.79 Å². The number of rotatable bonds is 0. The van der Waals surface area contributed by atoms with E-state index in [-0.39, 0.29) is 0 Å². The predicted octanol–water partition coefficient (Wildman–Crippen LogP) is 2.24. The van der Waals surface area contributed by atoms with E-state index >= 15 is 0 Å². The normalized spacial score (nSPS) is 8.83. The summed E-state index contributed by atoms with van der Waals surface area (Å²) in [6.07, 6.45) is 0. The first kappa shape index (κ1) is 9.36. The molecule has 0 unspecified atom stereocenters. The summed E-state index contributed by atoms with van der Waals surface area (Å²) in [5, 5.41) is 8.21. The van der Waals surface area contributed by atoms with Crippen LogP contribution in [0.5, 0.6) is 0 Å². The zero-order chi connectivity index (χ0) is 9.14. The molecule has 1 aromatic rings. The number of carboxylic acids is 1. The summed E-state index contributed by atoms with van der Waals surface area (Å²) in [4.78, 5) is 10.0. The third-order valence-electron chi connectivity index (χ3n) is 0.938. The third-order valence-corrected chi connectivity index (χ3v) is 2.65. The number of carbonyl (C=O) groups is 1. The van der Waals surface area contributed by atoms with Crippen LogP contribution in [0.3, 0.4) is 0 Å². The smallest absolute Gasteiger partial charge is 0.382 e. The van der Waals surface area contributed by atoms with Crippen LogP contribution < -0.4 is 0 Å². The molecule has 0 aliphatic carbocycles. The van der Waals surface area contributed by atoms with Crippen LogP contribution in [0, 0.1) is 11.8 Å². The highest BCUT2D eigenvalue weighted by Crippen LogP contribution is 2.25. The molecule has 0 saturated carbocycles. The van der Waals surface area contributed by atoms with Crippen LogP contribution in [0.2, 0.25) is 0 Å². The summed E-state index contributed by atoms with van der Waals surface area (Å²) in [6, 6.07) is 1.58. The third kappa shape index (κ3) is 2.40. The largest absolute Gasteiger partial charge is 0.472 e. The van der Waals surface area contributed by atoms with Crippen LogP contribution in [0.25, 0.3) is 0 Å². The molecule has 0 aromatic carbocycles. The van der Waals surface area contributed by atoms with Crippen molar-refractivity contribution in [1.29, 1.82) is 0 Å². The zero-order valence-electron chi connectivity index (χ0n) is 5.60. The molecule has 1 rings (SSSR count). The molecule has 0 fully saturated rings. The van der Waals surface area contributed by atoms with Crippen molar-refractivity contribution in [3.63, 3.8) is 0 Å². The molecule has 0 radical (unpaired) electrons. The quantitative estimate of drug-likeness (QED) is 0.747. The molecule has 0 bridgehead atoms. The lowest BCUT2D eigenvalue weighted by Gasteiger charge is -1.77. The molecule has 5 heteroatoms. The Labute approximate surface area is 85.0 Å². The molecule has 3 nitrogen and oxygen atoms in total. The SMILES string of the molecule is O=C(O)C#Cc1cc(Br)c(Br)o1. The Morgan fingerprint density at radius 2 is 2.25 bits per heavy atom. The maximum atomic E-state index is 10.0. The molecule has 0 aliphatic rings. The zero-order valence-corrected chi connectivity index (χ0v) is 8.77. The van der Waals surface area contributed by atoms with E-state index in [9.17, 15) is 4.79 Å². The van der Waals surface area contributed by atoms with E-state index in [1.54, 1.807) is 6.07 Å². The first-order valence-corrected chi connectivity index (χ1v) is 4.38. The summed E-state index contributed by atoms with van der Waals surface area (Å²) in [7, 11) is 0. The lowest BCUT2D eigenvalue weighted by Crippen LogP contribution is -1.86. The number of carboxylic acid groups (broad SMARTS) is 1. The highest BCUT2D eigenvalue weighted by atomic mass is 79.9. The van der Waals surface area contributed by atoms with Crippen molar-refractivity contribution in [2.75, 3.05) is 0 Å². The summed E-state index contributed by atoms with van der Waals surface area (Å²) < 4.78 is 6.20. The lowest BCUT2D eigenvalue weighted by atomic mass is 10.4. The van der Waals surface area contributed by atoms with Crippen molar-refractivity contribution in [2.24, 2.45) is 0 Å². The number of aliphatic carboxylic acids is 1. The average molecular weight is 294 g/mol.